The summed E-state index contributed by atoms with van der Waals surface area (Å²) >= 11 is 0. The molecular formula is C24H31N3O2S. The zero-order valence-electron chi connectivity index (χ0n) is 18.1. The Labute approximate surface area is 180 Å². The van der Waals surface area contributed by atoms with Crippen LogP contribution in [0.4, 0.5) is 0 Å². The van der Waals surface area contributed by atoms with Gasteiger partial charge in [0.15, 0.2) is 0 Å². The Morgan fingerprint density at radius 1 is 0.967 bits per heavy atom. The number of hydrazone groups is 1. The molecule has 0 radical (unpaired) electrons. The summed E-state index contributed by atoms with van der Waals surface area (Å²) in [6.07, 6.45) is 4.96. The highest BCUT2D eigenvalue weighted by Gasteiger charge is 2.51. The zero-order chi connectivity index (χ0) is 21.4. The predicted molar refractivity (Wildman–Crippen MR) is 121 cm³/mol. The fraction of sp³-hybridized carbons (Fsp3) is 0.458. The van der Waals surface area contributed by atoms with Gasteiger partial charge in [0.05, 0.1) is 4.90 Å². The minimum Gasteiger partial charge on any atom is -0.288 e. The predicted octanol–water partition coefficient (Wildman–Crippen LogP) is 4.63. The van der Waals surface area contributed by atoms with Gasteiger partial charge < -0.3 is 0 Å². The average Bonchev–Trinajstić information content (AvgIpc) is 2.69. The van der Waals surface area contributed by atoms with E-state index >= 15 is 0 Å². The smallest absolute Gasteiger partial charge is 0.276 e. The van der Waals surface area contributed by atoms with E-state index in [4.69, 9.17) is 0 Å². The van der Waals surface area contributed by atoms with Gasteiger partial charge >= 0.3 is 0 Å². The van der Waals surface area contributed by atoms with Gasteiger partial charge in [-0.15, -0.1) is 0 Å². The molecule has 2 aliphatic rings. The zero-order valence-corrected chi connectivity index (χ0v) is 18.9. The molecule has 2 atom stereocenters. The highest BCUT2D eigenvalue weighted by atomic mass is 32.2. The van der Waals surface area contributed by atoms with Crippen LogP contribution in [0.5, 0.6) is 0 Å². The van der Waals surface area contributed by atoms with E-state index in [0.717, 1.165) is 43.5 Å². The lowest BCUT2D eigenvalue weighted by Gasteiger charge is -2.59. The Balaban J connectivity index is 1.56. The number of aryl methyl sites for hydroxylation is 1. The van der Waals surface area contributed by atoms with Crippen molar-refractivity contribution in [3.63, 3.8) is 0 Å². The topological polar surface area (TPSA) is 61.8 Å². The van der Waals surface area contributed by atoms with Crippen molar-refractivity contribution in [1.82, 2.24) is 9.73 Å². The molecule has 0 spiro atoms. The summed E-state index contributed by atoms with van der Waals surface area (Å²) in [7, 11) is -3.65. The maximum absolute atomic E-state index is 12.7. The molecule has 4 rings (SSSR count). The van der Waals surface area contributed by atoms with E-state index in [2.05, 4.69) is 59.0 Å². The van der Waals surface area contributed by atoms with Crippen molar-refractivity contribution in [3.05, 3.63) is 65.7 Å². The van der Waals surface area contributed by atoms with Crippen LogP contribution in [0.15, 0.2) is 64.6 Å². The lowest BCUT2D eigenvalue weighted by atomic mass is 9.68. The third-order valence-corrected chi connectivity index (χ3v) is 7.97. The summed E-state index contributed by atoms with van der Waals surface area (Å²) in [6, 6.07) is 17.4. The molecule has 2 aromatic rings. The molecule has 2 bridgehead atoms. The monoisotopic (exact) mass is 425 g/mol. The number of rotatable bonds is 5. The maximum Gasteiger partial charge on any atom is 0.276 e. The van der Waals surface area contributed by atoms with Gasteiger partial charge in [0, 0.05) is 36.2 Å². The largest absolute Gasteiger partial charge is 0.288 e. The molecule has 5 nitrogen and oxygen atoms in total. The van der Waals surface area contributed by atoms with Crippen LogP contribution in [-0.2, 0) is 16.6 Å². The molecular weight excluding hydrogens is 394 g/mol. The molecule has 2 unspecified atom stereocenters. The van der Waals surface area contributed by atoms with Crippen molar-refractivity contribution >= 4 is 15.7 Å². The molecule has 2 aliphatic heterocycles. The second-order valence-electron chi connectivity index (χ2n) is 9.36. The summed E-state index contributed by atoms with van der Waals surface area (Å²) in [5.41, 5.74) is 3.25. The van der Waals surface area contributed by atoms with Gasteiger partial charge in [0.25, 0.3) is 10.0 Å². The lowest BCUT2D eigenvalue weighted by molar-refractivity contribution is -0.0598. The highest BCUT2D eigenvalue weighted by molar-refractivity contribution is 7.89. The van der Waals surface area contributed by atoms with Crippen molar-refractivity contribution in [1.29, 1.82) is 0 Å². The summed E-state index contributed by atoms with van der Waals surface area (Å²) in [5, 5.41) is 4.42. The van der Waals surface area contributed by atoms with Gasteiger partial charge in [0.2, 0.25) is 0 Å². The number of hydrogen-bond donors (Lipinski definition) is 1. The van der Waals surface area contributed by atoms with E-state index in [-0.39, 0.29) is 16.0 Å². The molecule has 0 saturated carbocycles. The Morgan fingerprint density at radius 2 is 1.57 bits per heavy atom. The minimum absolute atomic E-state index is 0.0186. The van der Waals surface area contributed by atoms with Crippen molar-refractivity contribution in [2.45, 2.75) is 75.4 Å². The molecule has 6 heteroatoms. The summed E-state index contributed by atoms with van der Waals surface area (Å²) in [5.74, 6) is 0. The van der Waals surface area contributed by atoms with Crippen LogP contribution in [0.25, 0.3) is 0 Å². The molecule has 30 heavy (non-hydrogen) atoms. The van der Waals surface area contributed by atoms with Crippen LogP contribution in [0, 0.1) is 6.92 Å². The first-order valence-electron chi connectivity index (χ1n) is 10.7. The highest BCUT2D eigenvalue weighted by Crippen LogP contribution is 2.47. The van der Waals surface area contributed by atoms with Gasteiger partial charge in [-0.1, -0.05) is 48.0 Å². The molecule has 2 saturated heterocycles. The molecule has 0 amide bonds. The lowest BCUT2D eigenvalue weighted by Crippen LogP contribution is -2.65. The van der Waals surface area contributed by atoms with Gasteiger partial charge in [-0.05, 0) is 57.7 Å². The quantitative estimate of drug-likeness (QED) is 0.711. The number of hydrogen-bond acceptors (Lipinski definition) is 4. The standard InChI is InChI=1S/C24H31N3O2S/c1-19-10-12-22(13-11-19)30(28,29)26-25-21-16-23(2)14-7-15-24(3,17-21)27(23)18-20-8-5-4-6-9-20/h4-6,8-13,26H,7,14-18H2,1-3H3. The van der Waals surface area contributed by atoms with Crippen molar-refractivity contribution in [3.8, 4) is 0 Å². The van der Waals surface area contributed by atoms with Gasteiger partial charge in [-0.3, -0.25) is 4.90 Å². The van der Waals surface area contributed by atoms with Gasteiger partial charge in [-0.25, -0.2) is 4.83 Å². The Bertz CT molecular complexity index is 1010. The van der Waals surface area contributed by atoms with E-state index in [9.17, 15) is 8.42 Å². The fourth-order valence-corrected chi connectivity index (χ4v) is 6.05. The Morgan fingerprint density at radius 3 is 2.17 bits per heavy atom. The molecule has 2 aromatic carbocycles. The summed E-state index contributed by atoms with van der Waals surface area (Å²) < 4.78 is 25.3. The first-order chi connectivity index (χ1) is 14.2. The van der Waals surface area contributed by atoms with Crippen LogP contribution < -0.4 is 4.83 Å². The van der Waals surface area contributed by atoms with E-state index in [1.807, 2.05) is 6.92 Å². The molecule has 1 N–H and O–H groups in total. The number of benzene rings is 2. The molecule has 0 aliphatic carbocycles. The second-order valence-corrected chi connectivity index (χ2v) is 11.0. The van der Waals surface area contributed by atoms with Crippen LogP contribution in [-0.4, -0.2) is 30.1 Å². The summed E-state index contributed by atoms with van der Waals surface area (Å²) in [6.45, 7) is 7.46. The Hall–Kier alpha value is -2.18. The van der Waals surface area contributed by atoms with Crippen molar-refractivity contribution in [2.24, 2.45) is 5.10 Å². The van der Waals surface area contributed by atoms with Gasteiger partial charge in [0.1, 0.15) is 0 Å². The molecule has 0 aromatic heterocycles. The third kappa shape index (κ3) is 4.16. The number of nitrogens with zero attached hydrogens (tertiary/aromatic N) is 2. The first kappa shape index (κ1) is 21.1. The van der Waals surface area contributed by atoms with Crippen LogP contribution >= 0.6 is 0 Å². The van der Waals surface area contributed by atoms with Gasteiger partial charge in [-0.2, -0.15) is 13.5 Å². The molecule has 160 valence electrons. The Kier molecular flexibility index (Phi) is 5.49. The SMILES string of the molecule is Cc1ccc(S(=O)(=O)NN=C2CC3(C)CCCC(C)(C2)N3Cc2ccccc2)cc1. The maximum atomic E-state index is 12.7. The van der Waals surface area contributed by atoms with E-state index in [1.165, 1.54) is 12.0 Å². The van der Waals surface area contributed by atoms with Crippen LogP contribution in [0.3, 0.4) is 0 Å². The first-order valence-corrected chi connectivity index (χ1v) is 12.1. The fourth-order valence-electron chi connectivity index (χ4n) is 5.20. The molecule has 2 fully saturated rings. The van der Waals surface area contributed by atoms with Crippen LogP contribution in [0.1, 0.15) is 57.1 Å². The van der Waals surface area contributed by atoms with E-state index in [0.29, 0.717) is 0 Å². The number of piperidine rings is 2. The van der Waals surface area contributed by atoms with Crippen molar-refractivity contribution in [2.75, 3.05) is 0 Å². The number of sulfonamides is 1. The van der Waals surface area contributed by atoms with E-state index < -0.39 is 10.0 Å². The normalized spacial score (nSPS) is 27.0. The minimum atomic E-state index is -3.65. The number of fused-ring (bicyclic) bond motifs is 2. The van der Waals surface area contributed by atoms with Crippen molar-refractivity contribution < 1.29 is 8.42 Å². The average molecular weight is 426 g/mol. The summed E-state index contributed by atoms with van der Waals surface area (Å²) in [4.78, 5) is 5.37. The van der Waals surface area contributed by atoms with Crippen LogP contribution in [0.2, 0.25) is 0 Å². The second kappa shape index (κ2) is 7.82. The molecule has 2 heterocycles. The third-order valence-electron chi connectivity index (χ3n) is 6.74. The van der Waals surface area contributed by atoms with E-state index in [1.54, 1.807) is 24.3 Å². The number of nitrogens with one attached hydrogen (secondary N) is 1.